The Bertz CT molecular complexity index is 1250. The lowest BCUT2D eigenvalue weighted by molar-refractivity contribution is -0.111. The van der Waals surface area contributed by atoms with Gasteiger partial charge in [-0.15, -0.1) is 11.3 Å². The van der Waals surface area contributed by atoms with Crippen LogP contribution in [0.15, 0.2) is 58.8 Å². The molecule has 7 nitrogen and oxygen atoms in total. The van der Waals surface area contributed by atoms with Crippen LogP contribution < -0.4 is 10.1 Å². The van der Waals surface area contributed by atoms with E-state index < -0.39 is 10.0 Å². The molecule has 1 aromatic heterocycles. The fourth-order valence-electron chi connectivity index (χ4n) is 2.88. The number of thiazole rings is 1. The average molecular weight is 472 g/mol. The van der Waals surface area contributed by atoms with Gasteiger partial charge >= 0.3 is 0 Å². The van der Waals surface area contributed by atoms with E-state index in [-0.39, 0.29) is 10.8 Å². The van der Waals surface area contributed by atoms with Gasteiger partial charge in [-0.2, -0.15) is 0 Å². The number of carbonyl (C=O) groups excluding carboxylic acids is 1. The molecule has 0 saturated heterocycles. The second kappa shape index (κ2) is 10.1. The SMILES string of the molecule is Cc1nc(COc2ccccc2/C=C/C(=O)Nc2ccc(C)c(S(=O)(=O)N(C)C)c2)cs1. The predicted octanol–water partition coefficient (Wildman–Crippen LogP) is 4.24. The second-order valence-corrected chi connectivity index (χ2v) is 10.5. The van der Waals surface area contributed by atoms with E-state index in [9.17, 15) is 13.2 Å². The topological polar surface area (TPSA) is 88.6 Å². The van der Waals surface area contributed by atoms with Crippen LogP contribution in [0.1, 0.15) is 21.8 Å². The standard InChI is InChI=1S/C23H25N3O4S2/c1-16-9-11-19(13-22(16)32(28,29)26(3)4)25-23(27)12-10-18-7-5-6-8-21(18)30-14-20-15-31-17(2)24-20/h5-13,15H,14H2,1-4H3,(H,25,27)/b12-10+. The molecule has 1 amide bonds. The lowest BCUT2D eigenvalue weighted by Crippen LogP contribution is -2.23. The summed E-state index contributed by atoms with van der Waals surface area (Å²) in [4.78, 5) is 17.0. The number of sulfonamides is 1. The maximum Gasteiger partial charge on any atom is 0.248 e. The van der Waals surface area contributed by atoms with Gasteiger partial charge in [-0.25, -0.2) is 17.7 Å². The monoisotopic (exact) mass is 471 g/mol. The number of rotatable bonds is 8. The molecule has 0 saturated carbocycles. The minimum absolute atomic E-state index is 0.153. The highest BCUT2D eigenvalue weighted by Gasteiger charge is 2.20. The highest BCUT2D eigenvalue weighted by Crippen LogP contribution is 2.23. The van der Waals surface area contributed by atoms with Crippen LogP contribution in [0.25, 0.3) is 6.08 Å². The molecule has 0 bridgehead atoms. The van der Waals surface area contributed by atoms with Gasteiger partial charge in [0.2, 0.25) is 15.9 Å². The van der Waals surface area contributed by atoms with E-state index in [1.165, 1.54) is 26.2 Å². The van der Waals surface area contributed by atoms with Crippen molar-refractivity contribution < 1.29 is 17.9 Å². The number of anilines is 1. The Morgan fingerprint density at radius 2 is 1.94 bits per heavy atom. The normalized spacial score (nSPS) is 11.8. The molecule has 0 unspecified atom stereocenters. The second-order valence-electron chi connectivity index (χ2n) is 7.27. The summed E-state index contributed by atoms with van der Waals surface area (Å²) in [5, 5.41) is 5.64. The summed E-state index contributed by atoms with van der Waals surface area (Å²) in [5.41, 5.74) is 2.60. The minimum Gasteiger partial charge on any atom is -0.487 e. The van der Waals surface area contributed by atoms with Gasteiger partial charge < -0.3 is 10.1 Å². The summed E-state index contributed by atoms with van der Waals surface area (Å²) in [6.07, 6.45) is 3.04. The molecule has 3 aromatic rings. The lowest BCUT2D eigenvalue weighted by Gasteiger charge is -2.14. The first kappa shape index (κ1) is 23.6. The number of nitrogens with zero attached hydrogens (tertiary/aromatic N) is 2. The number of amides is 1. The largest absolute Gasteiger partial charge is 0.487 e. The van der Waals surface area contributed by atoms with E-state index in [1.807, 2.05) is 36.6 Å². The fourth-order valence-corrected chi connectivity index (χ4v) is 4.62. The summed E-state index contributed by atoms with van der Waals surface area (Å²) >= 11 is 1.57. The van der Waals surface area contributed by atoms with Gasteiger partial charge in [-0.05, 0) is 43.7 Å². The Balaban J connectivity index is 1.71. The molecule has 0 spiro atoms. The van der Waals surface area contributed by atoms with Crippen LogP contribution in [-0.2, 0) is 21.4 Å². The number of aryl methyl sites for hydroxylation is 2. The van der Waals surface area contributed by atoms with Crippen molar-refractivity contribution in [1.29, 1.82) is 0 Å². The van der Waals surface area contributed by atoms with Crippen molar-refractivity contribution in [3.63, 3.8) is 0 Å². The van der Waals surface area contributed by atoms with Crippen molar-refractivity contribution in [3.05, 3.63) is 75.7 Å². The van der Waals surface area contributed by atoms with Crippen LogP contribution in [0, 0.1) is 13.8 Å². The molecule has 0 aliphatic rings. The zero-order valence-corrected chi connectivity index (χ0v) is 20.0. The quantitative estimate of drug-likeness (QED) is 0.497. The third-order valence-corrected chi connectivity index (χ3v) is 7.37. The van der Waals surface area contributed by atoms with Gasteiger partial charge in [0.05, 0.1) is 15.6 Å². The third kappa shape index (κ3) is 5.82. The number of benzene rings is 2. The third-order valence-electron chi connectivity index (χ3n) is 4.59. The van der Waals surface area contributed by atoms with E-state index in [4.69, 9.17) is 4.74 Å². The number of para-hydroxylation sites is 1. The molecule has 3 rings (SSSR count). The van der Waals surface area contributed by atoms with Gasteiger partial charge in [0.1, 0.15) is 12.4 Å². The number of aromatic nitrogens is 1. The zero-order valence-electron chi connectivity index (χ0n) is 18.3. The molecule has 32 heavy (non-hydrogen) atoms. The Morgan fingerprint density at radius 1 is 1.19 bits per heavy atom. The van der Waals surface area contributed by atoms with Crippen LogP contribution in [0.2, 0.25) is 0 Å². The number of hydrogen-bond donors (Lipinski definition) is 1. The molecule has 1 N–H and O–H groups in total. The molecular formula is C23H25N3O4S2. The van der Waals surface area contributed by atoms with Crippen LogP contribution in [-0.4, -0.2) is 37.7 Å². The molecular weight excluding hydrogens is 446 g/mol. The van der Waals surface area contributed by atoms with Gasteiger partial charge in [0, 0.05) is 36.8 Å². The molecule has 9 heteroatoms. The van der Waals surface area contributed by atoms with E-state index in [0.29, 0.717) is 23.6 Å². The summed E-state index contributed by atoms with van der Waals surface area (Å²) < 4.78 is 32.0. The van der Waals surface area contributed by atoms with Crippen LogP contribution >= 0.6 is 11.3 Å². The van der Waals surface area contributed by atoms with Gasteiger partial charge in [-0.3, -0.25) is 4.79 Å². The molecule has 2 aromatic carbocycles. The highest BCUT2D eigenvalue weighted by atomic mass is 32.2. The van der Waals surface area contributed by atoms with E-state index in [1.54, 1.807) is 36.5 Å². The molecule has 0 fully saturated rings. The van der Waals surface area contributed by atoms with E-state index in [0.717, 1.165) is 20.6 Å². The number of nitrogens with one attached hydrogen (secondary N) is 1. The first-order valence-electron chi connectivity index (χ1n) is 9.82. The number of hydrogen-bond acceptors (Lipinski definition) is 6. The maximum absolute atomic E-state index is 12.5. The summed E-state index contributed by atoms with van der Waals surface area (Å²) in [6, 6.07) is 12.2. The Morgan fingerprint density at radius 3 is 2.62 bits per heavy atom. The smallest absolute Gasteiger partial charge is 0.248 e. The average Bonchev–Trinajstić information content (AvgIpc) is 3.17. The molecule has 1 heterocycles. The Labute approximate surface area is 192 Å². The summed E-state index contributed by atoms with van der Waals surface area (Å²) in [7, 11) is -0.671. The van der Waals surface area contributed by atoms with Gasteiger partial charge in [0.15, 0.2) is 0 Å². The minimum atomic E-state index is -3.61. The molecule has 168 valence electrons. The van der Waals surface area contributed by atoms with Crippen LogP contribution in [0.5, 0.6) is 5.75 Å². The Kier molecular flexibility index (Phi) is 7.44. The maximum atomic E-state index is 12.5. The fraction of sp³-hybridized carbons (Fsp3) is 0.217. The number of ether oxygens (including phenoxy) is 1. The molecule has 0 atom stereocenters. The molecule has 0 radical (unpaired) electrons. The summed E-state index contributed by atoms with van der Waals surface area (Å²) in [6.45, 7) is 4.00. The lowest BCUT2D eigenvalue weighted by atomic mass is 10.2. The van der Waals surface area contributed by atoms with Crippen molar-refractivity contribution >= 4 is 39.0 Å². The summed E-state index contributed by atoms with van der Waals surface area (Å²) in [5.74, 6) is 0.254. The van der Waals surface area contributed by atoms with Crippen LogP contribution in [0.3, 0.4) is 0 Å². The zero-order chi connectivity index (χ0) is 23.3. The van der Waals surface area contributed by atoms with Crippen molar-refractivity contribution in [2.45, 2.75) is 25.3 Å². The van der Waals surface area contributed by atoms with Crippen molar-refractivity contribution in [1.82, 2.24) is 9.29 Å². The Hall–Kier alpha value is -3.01. The van der Waals surface area contributed by atoms with E-state index >= 15 is 0 Å². The van der Waals surface area contributed by atoms with Crippen LogP contribution in [0.4, 0.5) is 5.69 Å². The molecule has 0 aliphatic heterocycles. The number of carbonyl (C=O) groups is 1. The first-order valence-corrected chi connectivity index (χ1v) is 12.1. The van der Waals surface area contributed by atoms with Crippen molar-refractivity contribution in [2.75, 3.05) is 19.4 Å². The van der Waals surface area contributed by atoms with Crippen molar-refractivity contribution in [2.24, 2.45) is 0 Å². The predicted molar refractivity (Wildman–Crippen MR) is 127 cm³/mol. The van der Waals surface area contributed by atoms with Crippen molar-refractivity contribution in [3.8, 4) is 5.75 Å². The highest BCUT2D eigenvalue weighted by molar-refractivity contribution is 7.89. The van der Waals surface area contributed by atoms with E-state index in [2.05, 4.69) is 10.3 Å². The molecule has 0 aliphatic carbocycles. The first-order chi connectivity index (χ1) is 15.2. The van der Waals surface area contributed by atoms with Gasteiger partial charge in [-0.1, -0.05) is 24.3 Å². The van der Waals surface area contributed by atoms with Gasteiger partial charge in [0.25, 0.3) is 0 Å².